The van der Waals surface area contributed by atoms with Gasteiger partial charge in [-0.05, 0) is 49.2 Å². The van der Waals surface area contributed by atoms with Gasteiger partial charge >= 0.3 is 5.97 Å². The molecule has 1 aliphatic heterocycles. The van der Waals surface area contributed by atoms with Crippen LogP contribution in [-0.2, 0) is 4.74 Å². The second-order valence-corrected chi connectivity index (χ2v) is 11.2. The molecule has 208 valence electrons. The molecule has 0 spiro atoms. The first kappa shape index (κ1) is 27.9. The monoisotopic (exact) mass is 626 g/mol. The Kier molecular flexibility index (Phi) is 7.95. The lowest BCUT2D eigenvalue weighted by Crippen LogP contribution is -2.29. The maximum Gasteiger partial charge on any atom is 0.350 e. The Morgan fingerprint density at radius 2 is 1.93 bits per heavy atom. The second kappa shape index (κ2) is 11.4. The molecule has 3 heterocycles. The molecule has 9 nitrogen and oxygen atoms in total. The van der Waals surface area contributed by atoms with Crippen LogP contribution in [0.2, 0.25) is 0 Å². The smallest absolute Gasteiger partial charge is 0.350 e. The number of anilines is 1. The Hall–Kier alpha value is -3.70. The number of aromatic nitrogens is 1. The summed E-state index contributed by atoms with van der Waals surface area (Å²) in [6.45, 7) is 4.33. The fourth-order valence-electron chi connectivity index (χ4n) is 4.73. The molecule has 1 aliphatic rings. The molecule has 0 aliphatic carbocycles. The van der Waals surface area contributed by atoms with E-state index < -0.39 is 17.9 Å². The normalized spacial score (nSPS) is 14.5. The van der Waals surface area contributed by atoms with Crippen LogP contribution in [0.25, 0.3) is 11.0 Å². The molecule has 11 heteroatoms. The number of nitrogens with zero attached hydrogens (tertiary/aromatic N) is 2. The lowest BCUT2D eigenvalue weighted by atomic mass is 9.98. The number of carbonyl (C=O) groups is 2. The van der Waals surface area contributed by atoms with Crippen molar-refractivity contribution < 1.29 is 28.2 Å². The fourth-order valence-corrected chi connectivity index (χ4v) is 6.11. The Morgan fingerprint density at radius 1 is 1.12 bits per heavy atom. The van der Waals surface area contributed by atoms with Gasteiger partial charge in [0.25, 0.3) is 5.91 Å². The fraction of sp³-hybridized carbons (Fsp3) is 0.310. The number of benzene rings is 2. The van der Waals surface area contributed by atoms with Crippen LogP contribution in [0.3, 0.4) is 0 Å². The van der Waals surface area contributed by atoms with Gasteiger partial charge in [-0.1, -0.05) is 53.1 Å². The molecule has 0 N–H and O–H groups in total. The summed E-state index contributed by atoms with van der Waals surface area (Å²) in [6.07, 6.45) is 3.04. The Balaban J connectivity index is 1.69. The Bertz CT molecular complexity index is 1680. The molecule has 1 amide bonds. The lowest BCUT2D eigenvalue weighted by Gasteiger charge is -2.23. The first-order valence-electron chi connectivity index (χ1n) is 12.7. The van der Waals surface area contributed by atoms with Crippen LogP contribution in [0.5, 0.6) is 11.5 Å². The van der Waals surface area contributed by atoms with Crippen molar-refractivity contribution >= 4 is 55.2 Å². The third-order valence-corrected chi connectivity index (χ3v) is 8.33. The van der Waals surface area contributed by atoms with Crippen molar-refractivity contribution in [2.45, 2.75) is 39.2 Å². The summed E-state index contributed by atoms with van der Waals surface area (Å²) in [5.74, 6) is -0.139. The molecule has 0 saturated heterocycles. The van der Waals surface area contributed by atoms with Crippen LogP contribution in [-0.4, -0.2) is 37.7 Å². The number of hydrogen-bond acceptors (Lipinski definition) is 9. The molecular weight excluding hydrogens is 600 g/mol. The Morgan fingerprint density at radius 3 is 2.65 bits per heavy atom. The summed E-state index contributed by atoms with van der Waals surface area (Å²) in [4.78, 5) is 46.4. The Labute approximate surface area is 242 Å². The lowest BCUT2D eigenvalue weighted by molar-refractivity contribution is 0.0605. The highest BCUT2D eigenvalue weighted by Gasteiger charge is 2.45. The van der Waals surface area contributed by atoms with Crippen molar-refractivity contribution in [2.24, 2.45) is 0 Å². The van der Waals surface area contributed by atoms with Crippen LogP contribution < -0.4 is 19.8 Å². The zero-order valence-corrected chi connectivity index (χ0v) is 24.8. The molecule has 2 aromatic carbocycles. The zero-order valence-electron chi connectivity index (χ0n) is 22.4. The van der Waals surface area contributed by atoms with Crippen LogP contribution in [0.4, 0.5) is 5.13 Å². The maximum absolute atomic E-state index is 13.9. The number of aryl methyl sites for hydroxylation is 1. The largest absolute Gasteiger partial charge is 0.493 e. The third-order valence-electron chi connectivity index (χ3n) is 6.70. The molecule has 0 saturated carbocycles. The van der Waals surface area contributed by atoms with E-state index in [4.69, 9.17) is 18.6 Å². The molecule has 0 radical (unpaired) electrons. The van der Waals surface area contributed by atoms with E-state index in [1.165, 1.54) is 19.1 Å². The number of thiazole rings is 1. The van der Waals surface area contributed by atoms with Gasteiger partial charge in [-0.2, -0.15) is 0 Å². The highest BCUT2D eigenvalue weighted by atomic mass is 79.9. The quantitative estimate of drug-likeness (QED) is 0.154. The third kappa shape index (κ3) is 4.88. The predicted molar refractivity (Wildman–Crippen MR) is 155 cm³/mol. The van der Waals surface area contributed by atoms with E-state index in [9.17, 15) is 14.4 Å². The van der Waals surface area contributed by atoms with Crippen molar-refractivity contribution in [3.8, 4) is 11.5 Å². The number of amides is 1. The molecule has 2 aromatic heterocycles. The number of carbonyl (C=O) groups excluding carboxylic acids is 2. The molecule has 0 bridgehead atoms. The summed E-state index contributed by atoms with van der Waals surface area (Å²) in [7, 11) is 2.82. The number of unbranched alkanes of at least 4 members (excludes halogenated alkanes) is 2. The number of rotatable bonds is 9. The number of ether oxygens (including phenoxy) is 3. The van der Waals surface area contributed by atoms with Gasteiger partial charge in [0.1, 0.15) is 10.5 Å². The van der Waals surface area contributed by atoms with E-state index in [-0.39, 0.29) is 26.8 Å². The van der Waals surface area contributed by atoms with Gasteiger partial charge in [-0.3, -0.25) is 14.5 Å². The van der Waals surface area contributed by atoms with Crippen LogP contribution >= 0.6 is 27.3 Å². The van der Waals surface area contributed by atoms with Crippen molar-refractivity contribution in [1.29, 1.82) is 0 Å². The number of esters is 1. The van der Waals surface area contributed by atoms with Crippen molar-refractivity contribution in [2.75, 3.05) is 25.7 Å². The standard InChI is InChI=1S/C29H27BrN2O7S/c1-5-6-7-12-38-20-10-8-16(13-21(20)36-3)23-22-24(33)18-14-17(30)9-11-19(18)39-25(22)27(34)32(23)29-31-15(2)26(40-29)28(35)37-4/h8-11,13-14,23H,5-7,12H2,1-4H3. The van der Waals surface area contributed by atoms with Crippen LogP contribution in [0.1, 0.15) is 69.3 Å². The van der Waals surface area contributed by atoms with Gasteiger partial charge in [-0.25, -0.2) is 9.78 Å². The summed E-state index contributed by atoms with van der Waals surface area (Å²) < 4.78 is 23.2. The van der Waals surface area contributed by atoms with Gasteiger partial charge in [0.2, 0.25) is 5.76 Å². The zero-order chi connectivity index (χ0) is 28.6. The first-order valence-corrected chi connectivity index (χ1v) is 14.4. The summed E-state index contributed by atoms with van der Waals surface area (Å²) in [5, 5.41) is 0.573. The van der Waals surface area contributed by atoms with Crippen LogP contribution in [0.15, 0.2) is 50.1 Å². The van der Waals surface area contributed by atoms with E-state index >= 15 is 0 Å². The van der Waals surface area contributed by atoms with E-state index in [1.54, 1.807) is 43.3 Å². The van der Waals surface area contributed by atoms with E-state index in [1.807, 2.05) is 0 Å². The summed E-state index contributed by atoms with van der Waals surface area (Å²) in [6, 6.07) is 9.48. The van der Waals surface area contributed by atoms with Gasteiger partial charge < -0.3 is 18.6 Å². The maximum atomic E-state index is 13.9. The highest BCUT2D eigenvalue weighted by molar-refractivity contribution is 9.10. The molecule has 1 unspecified atom stereocenters. The average Bonchev–Trinajstić information content (AvgIpc) is 3.48. The minimum Gasteiger partial charge on any atom is -0.493 e. The summed E-state index contributed by atoms with van der Waals surface area (Å²) in [5.41, 5.74) is 1.15. The molecule has 4 aromatic rings. The summed E-state index contributed by atoms with van der Waals surface area (Å²) >= 11 is 4.43. The van der Waals surface area contributed by atoms with Gasteiger partial charge in [0.15, 0.2) is 22.1 Å². The topological polar surface area (TPSA) is 108 Å². The number of methoxy groups -OCH3 is 2. The average molecular weight is 628 g/mol. The molecule has 1 atom stereocenters. The van der Waals surface area contributed by atoms with Gasteiger partial charge in [-0.15, -0.1) is 0 Å². The van der Waals surface area contributed by atoms with E-state index in [0.29, 0.717) is 44.8 Å². The first-order chi connectivity index (χ1) is 19.3. The second-order valence-electron chi connectivity index (χ2n) is 9.26. The molecule has 5 rings (SSSR count). The minimum absolute atomic E-state index is 0.0730. The SMILES string of the molecule is CCCCCOc1ccc(C2c3c(oc4ccc(Br)cc4c3=O)C(=O)N2c2nc(C)c(C(=O)OC)s2)cc1OC. The van der Waals surface area contributed by atoms with Crippen molar-refractivity contribution in [3.05, 3.63) is 78.6 Å². The predicted octanol–water partition coefficient (Wildman–Crippen LogP) is 6.43. The number of fused-ring (bicyclic) bond motifs is 2. The van der Waals surface area contributed by atoms with E-state index in [0.717, 1.165) is 30.6 Å². The van der Waals surface area contributed by atoms with Gasteiger partial charge in [0.05, 0.1) is 43.5 Å². The number of hydrogen-bond donors (Lipinski definition) is 0. The molecular formula is C29H27BrN2O7S. The van der Waals surface area contributed by atoms with E-state index in [2.05, 4.69) is 27.8 Å². The molecule has 0 fully saturated rings. The van der Waals surface area contributed by atoms with Crippen molar-refractivity contribution in [1.82, 2.24) is 4.98 Å². The van der Waals surface area contributed by atoms with Crippen molar-refractivity contribution in [3.63, 3.8) is 0 Å². The van der Waals surface area contributed by atoms with Crippen LogP contribution in [0, 0.1) is 6.92 Å². The number of halogens is 1. The van der Waals surface area contributed by atoms with Gasteiger partial charge in [0, 0.05) is 4.47 Å². The molecule has 40 heavy (non-hydrogen) atoms. The minimum atomic E-state index is -0.888. The highest BCUT2D eigenvalue weighted by Crippen LogP contribution is 2.45.